The van der Waals surface area contributed by atoms with E-state index >= 15 is 0 Å². The Bertz CT molecular complexity index is 355. The Morgan fingerprint density at radius 3 is 2.86 bits per heavy atom. The molecule has 1 aliphatic rings. The highest BCUT2D eigenvalue weighted by Crippen LogP contribution is 2.27. The topological polar surface area (TPSA) is 37.3 Å². The quantitative estimate of drug-likeness (QED) is 0.733. The lowest BCUT2D eigenvalue weighted by molar-refractivity contribution is 0.0691. The Morgan fingerprint density at radius 2 is 2.14 bits per heavy atom. The molecule has 2 heteroatoms. The molecule has 0 saturated heterocycles. The SMILES string of the molecule is C[C@H](O)C1CCc2ccccc2C1=O. The lowest BCUT2D eigenvalue weighted by Crippen LogP contribution is -2.30. The highest BCUT2D eigenvalue weighted by molar-refractivity contribution is 6.00. The molecule has 0 amide bonds. The van der Waals surface area contributed by atoms with Gasteiger partial charge in [0.15, 0.2) is 5.78 Å². The van der Waals surface area contributed by atoms with E-state index in [0.29, 0.717) is 0 Å². The van der Waals surface area contributed by atoms with Crippen LogP contribution in [0.2, 0.25) is 0 Å². The molecule has 14 heavy (non-hydrogen) atoms. The van der Waals surface area contributed by atoms with Gasteiger partial charge >= 0.3 is 0 Å². The zero-order chi connectivity index (χ0) is 10.1. The predicted molar refractivity (Wildman–Crippen MR) is 54.3 cm³/mol. The van der Waals surface area contributed by atoms with Crippen molar-refractivity contribution >= 4 is 5.78 Å². The first-order chi connectivity index (χ1) is 6.70. The molecule has 0 spiro atoms. The van der Waals surface area contributed by atoms with E-state index in [0.717, 1.165) is 24.0 Å². The van der Waals surface area contributed by atoms with Crippen molar-refractivity contribution in [1.29, 1.82) is 0 Å². The molecule has 74 valence electrons. The first kappa shape index (κ1) is 9.41. The third-order valence-corrected chi connectivity index (χ3v) is 2.93. The van der Waals surface area contributed by atoms with E-state index in [1.54, 1.807) is 6.92 Å². The molecule has 1 N–H and O–H groups in total. The van der Waals surface area contributed by atoms with Gasteiger partial charge in [0.1, 0.15) is 0 Å². The number of benzene rings is 1. The maximum Gasteiger partial charge on any atom is 0.168 e. The van der Waals surface area contributed by atoms with E-state index in [-0.39, 0.29) is 11.7 Å². The molecule has 1 aromatic carbocycles. The molecular weight excluding hydrogens is 176 g/mol. The molecule has 0 aromatic heterocycles. The number of hydrogen-bond acceptors (Lipinski definition) is 2. The Kier molecular flexibility index (Phi) is 2.38. The van der Waals surface area contributed by atoms with Gasteiger partial charge in [0.05, 0.1) is 6.10 Å². The standard InChI is InChI=1S/C12H14O2/c1-8(13)10-7-6-9-4-2-3-5-11(9)12(10)14/h2-5,8,10,13H,6-7H2,1H3/t8-,10?/m0/s1. The minimum Gasteiger partial charge on any atom is -0.393 e. The van der Waals surface area contributed by atoms with E-state index in [1.165, 1.54) is 0 Å². The number of carbonyl (C=O) groups excluding carboxylic acids is 1. The summed E-state index contributed by atoms with van der Waals surface area (Å²) in [6.07, 6.45) is 1.14. The van der Waals surface area contributed by atoms with Gasteiger partial charge in [-0.25, -0.2) is 0 Å². The lowest BCUT2D eigenvalue weighted by Gasteiger charge is -2.25. The molecular formula is C12H14O2. The predicted octanol–water partition coefficient (Wildman–Crippen LogP) is 1.81. The van der Waals surface area contributed by atoms with Crippen molar-refractivity contribution in [2.45, 2.75) is 25.9 Å². The first-order valence-corrected chi connectivity index (χ1v) is 5.00. The summed E-state index contributed by atoms with van der Waals surface area (Å²) in [5.41, 5.74) is 1.92. The summed E-state index contributed by atoms with van der Waals surface area (Å²) in [5, 5.41) is 9.45. The van der Waals surface area contributed by atoms with Crippen LogP contribution in [-0.4, -0.2) is 17.0 Å². The van der Waals surface area contributed by atoms with Crippen molar-refractivity contribution in [1.82, 2.24) is 0 Å². The van der Waals surface area contributed by atoms with Gasteiger partial charge in [-0.05, 0) is 25.3 Å². The van der Waals surface area contributed by atoms with Crippen LogP contribution in [0.15, 0.2) is 24.3 Å². The molecule has 1 unspecified atom stereocenters. The van der Waals surface area contributed by atoms with Crippen LogP contribution >= 0.6 is 0 Å². The number of fused-ring (bicyclic) bond motifs is 1. The van der Waals surface area contributed by atoms with Gasteiger partial charge in [0, 0.05) is 11.5 Å². The molecule has 0 heterocycles. The monoisotopic (exact) mass is 190 g/mol. The van der Waals surface area contributed by atoms with Crippen LogP contribution in [0.25, 0.3) is 0 Å². The summed E-state index contributed by atoms with van der Waals surface area (Å²) in [6.45, 7) is 1.69. The largest absolute Gasteiger partial charge is 0.393 e. The summed E-state index contributed by atoms with van der Waals surface area (Å²) < 4.78 is 0. The fourth-order valence-electron chi connectivity index (χ4n) is 2.08. The van der Waals surface area contributed by atoms with Gasteiger partial charge in [-0.1, -0.05) is 24.3 Å². The number of aryl methyl sites for hydroxylation is 1. The molecule has 2 rings (SSSR count). The summed E-state index contributed by atoms with van der Waals surface area (Å²) in [6, 6.07) is 7.67. The average Bonchev–Trinajstić information content (AvgIpc) is 2.18. The molecule has 1 aromatic rings. The van der Waals surface area contributed by atoms with Crippen LogP contribution in [0, 0.1) is 5.92 Å². The highest BCUT2D eigenvalue weighted by Gasteiger charge is 2.29. The maximum atomic E-state index is 11.9. The zero-order valence-corrected chi connectivity index (χ0v) is 8.23. The van der Waals surface area contributed by atoms with Crippen LogP contribution in [0.5, 0.6) is 0 Å². The van der Waals surface area contributed by atoms with Gasteiger partial charge in [-0.3, -0.25) is 4.79 Å². The van der Waals surface area contributed by atoms with E-state index < -0.39 is 6.10 Å². The van der Waals surface area contributed by atoms with Crippen molar-refractivity contribution in [3.8, 4) is 0 Å². The number of rotatable bonds is 1. The minimum absolute atomic E-state index is 0.0989. The highest BCUT2D eigenvalue weighted by atomic mass is 16.3. The fraction of sp³-hybridized carbons (Fsp3) is 0.417. The van der Waals surface area contributed by atoms with Crippen molar-refractivity contribution in [3.63, 3.8) is 0 Å². The zero-order valence-electron chi connectivity index (χ0n) is 8.23. The second-order valence-electron chi connectivity index (χ2n) is 3.91. The van der Waals surface area contributed by atoms with Crippen LogP contribution in [0.4, 0.5) is 0 Å². The van der Waals surface area contributed by atoms with Gasteiger partial charge in [-0.15, -0.1) is 0 Å². The third kappa shape index (κ3) is 1.46. The van der Waals surface area contributed by atoms with Crippen molar-refractivity contribution < 1.29 is 9.90 Å². The van der Waals surface area contributed by atoms with Crippen LogP contribution in [0.3, 0.4) is 0 Å². The van der Waals surface area contributed by atoms with Crippen molar-refractivity contribution in [2.75, 3.05) is 0 Å². The number of aliphatic hydroxyl groups is 1. The van der Waals surface area contributed by atoms with Gasteiger partial charge in [0.2, 0.25) is 0 Å². The molecule has 0 aliphatic heterocycles. The number of ketones is 1. The molecule has 2 atom stereocenters. The van der Waals surface area contributed by atoms with Crippen molar-refractivity contribution in [3.05, 3.63) is 35.4 Å². The maximum absolute atomic E-state index is 11.9. The Balaban J connectivity index is 2.37. The lowest BCUT2D eigenvalue weighted by atomic mass is 9.80. The molecule has 0 radical (unpaired) electrons. The van der Waals surface area contributed by atoms with Crippen molar-refractivity contribution in [2.24, 2.45) is 5.92 Å². The minimum atomic E-state index is -0.532. The fourth-order valence-corrected chi connectivity index (χ4v) is 2.08. The normalized spacial score (nSPS) is 23.0. The van der Waals surface area contributed by atoms with Gasteiger partial charge in [0.25, 0.3) is 0 Å². The summed E-state index contributed by atoms with van der Waals surface area (Å²) in [7, 11) is 0. The number of hydrogen-bond donors (Lipinski definition) is 1. The Hall–Kier alpha value is -1.15. The van der Waals surface area contributed by atoms with Crippen LogP contribution in [-0.2, 0) is 6.42 Å². The second kappa shape index (κ2) is 3.54. The van der Waals surface area contributed by atoms with Crippen LogP contribution in [0.1, 0.15) is 29.3 Å². The summed E-state index contributed by atoms with van der Waals surface area (Å²) >= 11 is 0. The van der Waals surface area contributed by atoms with Gasteiger partial charge < -0.3 is 5.11 Å². The summed E-state index contributed by atoms with van der Waals surface area (Å²) in [5.74, 6) is -0.105. The third-order valence-electron chi connectivity index (χ3n) is 2.93. The average molecular weight is 190 g/mol. The molecule has 0 fully saturated rings. The Morgan fingerprint density at radius 1 is 1.43 bits per heavy atom. The van der Waals surface area contributed by atoms with Crippen LogP contribution < -0.4 is 0 Å². The molecule has 0 bridgehead atoms. The molecule has 0 saturated carbocycles. The van der Waals surface area contributed by atoms with Gasteiger partial charge in [-0.2, -0.15) is 0 Å². The summed E-state index contributed by atoms with van der Waals surface area (Å²) in [4.78, 5) is 11.9. The second-order valence-corrected chi connectivity index (χ2v) is 3.91. The van der Waals surface area contributed by atoms with E-state index in [4.69, 9.17) is 0 Å². The van der Waals surface area contributed by atoms with E-state index in [9.17, 15) is 9.90 Å². The number of carbonyl (C=O) groups is 1. The molecule has 2 nitrogen and oxygen atoms in total. The van der Waals surface area contributed by atoms with E-state index in [1.807, 2.05) is 24.3 Å². The number of aliphatic hydroxyl groups excluding tert-OH is 1. The van der Waals surface area contributed by atoms with E-state index in [2.05, 4.69) is 0 Å². The Labute approximate surface area is 83.6 Å². The first-order valence-electron chi connectivity index (χ1n) is 5.00. The smallest absolute Gasteiger partial charge is 0.168 e. The number of Topliss-reactive ketones (excluding diaryl/α,β-unsaturated/α-hetero) is 1. The molecule has 1 aliphatic carbocycles.